The van der Waals surface area contributed by atoms with Crippen LogP contribution < -0.4 is 4.90 Å². The lowest BCUT2D eigenvalue weighted by Crippen LogP contribution is -2.47. The van der Waals surface area contributed by atoms with E-state index in [9.17, 15) is 10.1 Å². The van der Waals surface area contributed by atoms with Crippen LogP contribution in [0.3, 0.4) is 0 Å². The smallest absolute Gasteiger partial charge is 0.229 e. The summed E-state index contributed by atoms with van der Waals surface area (Å²) in [4.78, 5) is 16.8. The van der Waals surface area contributed by atoms with E-state index in [2.05, 4.69) is 36.1 Å². The maximum absolute atomic E-state index is 12.9. The molecule has 5 heteroatoms. The van der Waals surface area contributed by atoms with Gasteiger partial charge in [-0.1, -0.05) is 54.2 Å². The molecule has 0 spiro atoms. The molecule has 4 rings (SSSR count). The largest absolute Gasteiger partial charge is 0.344 e. The van der Waals surface area contributed by atoms with E-state index in [4.69, 9.17) is 0 Å². The third-order valence-electron chi connectivity index (χ3n) is 4.86. The van der Waals surface area contributed by atoms with Gasteiger partial charge in [0.05, 0.1) is 29.2 Å². The summed E-state index contributed by atoms with van der Waals surface area (Å²) in [5, 5.41) is 10.6. The van der Waals surface area contributed by atoms with Crippen LogP contribution in [0.4, 0.5) is 5.69 Å². The summed E-state index contributed by atoms with van der Waals surface area (Å²) in [6.07, 6.45) is 0.346. The summed E-state index contributed by atoms with van der Waals surface area (Å²) in [6, 6.07) is 20.5. The van der Waals surface area contributed by atoms with E-state index in [1.807, 2.05) is 36.4 Å². The second-order valence-electron chi connectivity index (χ2n) is 6.61. The first-order valence-corrected chi connectivity index (χ1v) is 9.60. The molecule has 0 aromatic heterocycles. The van der Waals surface area contributed by atoms with Crippen molar-refractivity contribution in [3.05, 3.63) is 76.3 Å². The first-order chi connectivity index (χ1) is 12.7. The average Bonchev–Trinajstić information content (AvgIpc) is 2.68. The first-order valence-electron chi connectivity index (χ1n) is 8.61. The van der Waals surface area contributed by atoms with Gasteiger partial charge in [0.25, 0.3) is 0 Å². The number of nitriles is 1. The van der Waals surface area contributed by atoms with Gasteiger partial charge in [0.1, 0.15) is 0 Å². The minimum atomic E-state index is -0.141. The van der Waals surface area contributed by atoms with Crippen LogP contribution in [0.1, 0.15) is 23.5 Å². The zero-order chi connectivity index (χ0) is 18.1. The summed E-state index contributed by atoms with van der Waals surface area (Å²) < 4.78 is 0. The van der Waals surface area contributed by atoms with Crippen molar-refractivity contribution in [3.8, 4) is 6.07 Å². The zero-order valence-electron chi connectivity index (χ0n) is 14.6. The van der Waals surface area contributed by atoms with E-state index < -0.39 is 0 Å². The maximum atomic E-state index is 12.9. The Balaban J connectivity index is 1.67. The number of thioether (sulfide) groups is 1. The summed E-state index contributed by atoms with van der Waals surface area (Å²) in [5.74, 6) is 0.672. The first kappa shape index (κ1) is 16.7. The number of rotatable bonds is 2. The van der Waals surface area contributed by atoms with Gasteiger partial charge in [-0.05, 0) is 30.2 Å². The van der Waals surface area contributed by atoms with Gasteiger partial charge in [-0.25, -0.2) is 0 Å². The summed E-state index contributed by atoms with van der Waals surface area (Å²) >= 11 is 1.58. The Morgan fingerprint density at radius 2 is 1.96 bits per heavy atom. The number of anilines is 1. The number of allylic oxidation sites excluding steroid dienone is 1. The number of carbonyl (C=O) groups excluding carboxylic acids is 1. The number of carbonyl (C=O) groups is 1. The van der Waals surface area contributed by atoms with Gasteiger partial charge < -0.3 is 4.90 Å². The summed E-state index contributed by atoms with van der Waals surface area (Å²) in [7, 11) is 0. The lowest BCUT2D eigenvalue weighted by molar-refractivity contribution is -0.129. The van der Waals surface area contributed by atoms with Crippen LogP contribution in [0.5, 0.6) is 0 Å². The minimum absolute atomic E-state index is 0.0812. The highest BCUT2D eigenvalue weighted by molar-refractivity contribution is 8.03. The van der Waals surface area contributed by atoms with Crippen molar-refractivity contribution in [3.63, 3.8) is 0 Å². The van der Waals surface area contributed by atoms with E-state index in [-0.39, 0.29) is 11.8 Å². The van der Waals surface area contributed by atoms with Gasteiger partial charge in [-0.15, -0.1) is 0 Å². The molecule has 0 aliphatic carbocycles. The zero-order valence-corrected chi connectivity index (χ0v) is 15.4. The molecule has 1 fully saturated rings. The fourth-order valence-corrected chi connectivity index (χ4v) is 4.69. The molecule has 0 saturated carbocycles. The highest BCUT2D eigenvalue weighted by Crippen LogP contribution is 2.43. The molecule has 2 aromatic carbocycles. The van der Waals surface area contributed by atoms with Gasteiger partial charge in [-0.2, -0.15) is 5.26 Å². The van der Waals surface area contributed by atoms with Crippen LogP contribution in [0.25, 0.3) is 0 Å². The van der Waals surface area contributed by atoms with Crippen LogP contribution in [-0.4, -0.2) is 23.4 Å². The topological polar surface area (TPSA) is 47.3 Å². The van der Waals surface area contributed by atoms with E-state index in [1.54, 1.807) is 16.7 Å². The minimum Gasteiger partial charge on any atom is -0.344 e. The molecule has 2 aliphatic heterocycles. The molecule has 0 radical (unpaired) electrons. The molecular weight excluding hydrogens is 342 g/mol. The Bertz CT molecular complexity index is 916. The Morgan fingerprint density at radius 1 is 1.15 bits per heavy atom. The Labute approximate surface area is 157 Å². The molecule has 130 valence electrons. The molecule has 0 N–H and O–H groups in total. The predicted molar refractivity (Wildman–Crippen MR) is 104 cm³/mol. The third-order valence-corrected chi connectivity index (χ3v) is 6.02. The number of aryl methyl sites for hydroxylation is 1. The fourth-order valence-electron chi connectivity index (χ4n) is 3.52. The third kappa shape index (κ3) is 2.97. The van der Waals surface area contributed by atoms with Crippen molar-refractivity contribution < 1.29 is 4.79 Å². The molecule has 2 aliphatic rings. The average molecular weight is 361 g/mol. The van der Waals surface area contributed by atoms with Crippen molar-refractivity contribution in [2.45, 2.75) is 19.3 Å². The Kier molecular flexibility index (Phi) is 4.44. The van der Waals surface area contributed by atoms with E-state index in [0.717, 1.165) is 22.2 Å². The van der Waals surface area contributed by atoms with Gasteiger partial charge in [0.2, 0.25) is 5.91 Å². The number of hydrogen-bond donors (Lipinski definition) is 0. The quantitative estimate of drug-likeness (QED) is 0.804. The Hall–Kier alpha value is -2.71. The molecular formula is C21H19N3OS. The van der Waals surface area contributed by atoms with Gasteiger partial charge in [0.15, 0.2) is 0 Å². The molecule has 26 heavy (non-hydrogen) atoms. The molecule has 1 amide bonds. The Morgan fingerprint density at radius 3 is 2.69 bits per heavy atom. The van der Waals surface area contributed by atoms with Crippen molar-refractivity contribution >= 4 is 23.4 Å². The van der Waals surface area contributed by atoms with Crippen molar-refractivity contribution in [2.24, 2.45) is 0 Å². The molecule has 0 unspecified atom stereocenters. The normalized spacial score (nSPS) is 20.0. The number of benzene rings is 2. The summed E-state index contributed by atoms with van der Waals surface area (Å²) in [6.45, 7) is 2.56. The van der Waals surface area contributed by atoms with Crippen molar-refractivity contribution in [1.82, 2.24) is 4.90 Å². The number of fused-ring (bicyclic) bond motifs is 1. The van der Waals surface area contributed by atoms with E-state index in [1.165, 1.54) is 5.56 Å². The van der Waals surface area contributed by atoms with Crippen LogP contribution in [0.15, 0.2) is 65.2 Å². The van der Waals surface area contributed by atoms with Crippen LogP contribution in [0, 0.1) is 18.3 Å². The summed E-state index contributed by atoms with van der Waals surface area (Å²) in [5.41, 5.74) is 4.05. The number of hydrogen-bond acceptors (Lipinski definition) is 4. The molecule has 0 bridgehead atoms. The van der Waals surface area contributed by atoms with Gasteiger partial charge >= 0.3 is 0 Å². The number of nitrogens with zero attached hydrogens (tertiary/aromatic N) is 3. The lowest BCUT2D eigenvalue weighted by Gasteiger charge is -2.42. The molecule has 2 aromatic rings. The lowest BCUT2D eigenvalue weighted by atomic mass is 9.86. The SMILES string of the molecule is Cc1cccc(N2CSC3=C(C#N)[C@H](c4ccccc4)CC(=O)N3C2)c1. The number of amides is 1. The van der Waals surface area contributed by atoms with Gasteiger partial charge in [0, 0.05) is 18.0 Å². The second kappa shape index (κ2) is 6.89. The second-order valence-corrected chi connectivity index (χ2v) is 7.55. The van der Waals surface area contributed by atoms with Crippen LogP contribution in [-0.2, 0) is 4.79 Å². The predicted octanol–water partition coefficient (Wildman–Crippen LogP) is 4.21. The molecule has 4 nitrogen and oxygen atoms in total. The highest BCUT2D eigenvalue weighted by Gasteiger charge is 2.38. The van der Waals surface area contributed by atoms with E-state index >= 15 is 0 Å². The molecule has 1 saturated heterocycles. The highest BCUT2D eigenvalue weighted by atomic mass is 32.2. The van der Waals surface area contributed by atoms with Crippen molar-refractivity contribution in [1.29, 1.82) is 5.26 Å². The van der Waals surface area contributed by atoms with Gasteiger partial charge in [-0.3, -0.25) is 9.69 Å². The molecule has 2 heterocycles. The maximum Gasteiger partial charge on any atom is 0.229 e. The molecule has 1 atom stereocenters. The van der Waals surface area contributed by atoms with E-state index in [0.29, 0.717) is 18.7 Å². The fraction of sp³-hybridized carbons (Fsp3) is 0.238. The van der Waals surface area contributed by atoms with Crippen molar-refractivity contribution in [2.75, 3.05) is 17.4 Å². The monoisotopic (exact) mass is 361 g/mol. The van der Waals surface area contributed by atoms with Crippen LogP contribution >= 0.6 is 11.8 Å². The standard InChI is InChI=1S/C21H19N3OS/c1-15-6-5-9-17(10-15)23-13-24-20(25)11-18(16-7-3-2-4-8-16)19(12-22)21(24)26-14-23/h2-10,18H,11,13-14H2,1H3/t18-/m0/s1. The van der Waals surface area contributed by atoms with Crippen LogP contribution in [0.2, 0.25) is 0 Å².